The number of furan rings is 1. The third-order valence-electron chi connectivity index (χ3n) is 7.10. The summed E-state index contributed by atoms with van der Waals surface area (Å²) in [7, 11) is 0. The fourth-order valence-corrected chi connectivity index (χ4v) is 5.03. The van der Waals surface area contributed by atoms with Gasteiger partial charge in [-0.1, -0.05) is 72.8 Å². The smallest absolute Gasteiger partial charge is 0.332 e. The number of nitrogens with zero attached hydrogens (tertiary/aromatic N) is 2. The Balaban J connectivity index is 1.43. The number of carboxylic acid groups (broad SMARTS) is 1. The Kier molecular flexibility index (Phi) is 7.26. The highest BCUT2D eigenvalue weighted by atomic mass is 16.5. The topological polar surface area (TPSA) is 104 Å². The van der Waals surface area contributed by atoms with Crippen LogP contribution in [0, 0.1) is 0 Å². The second-order valence-electron chi connectivity index (χ2n) is 9.84. The van der Waals surface area contributed by atoms with Crippen LogP contribution in [0.15, 0.2) is 136 Å². The van der Waals surface area contributed by atoms with Gasteiger partial charge >= 0.3 is 11.7 Å². The van der Waals surface area contributed by atoms with Crippen molar-refractivity contribution >= 4 is 16.9 Å². The summed E-state index contributed by atoms with van der Waals surface area (Å²) in [5.41, 5.74) is 1.69. The van der Waals surface area contributed by atoms with E-state index in [0.717, 1.165) is 15.7 Å². The molecule has 0 amide bonds. The van der Waals surface area contributed by atoms with Crippen molar-refractivity contribution in [1.82, 2.24) is 9.13 Å². The predicted octanol–water partition coefficient (Wildman–Crippen LogP) is 6.13. The van der Waals surface area contributed by atoms with Crippen LogP contribution in [0.5, 0.6) is 11.5 Å². The number of carbonyl (C=O) groups is 1. The van der Waals surface area contributed by atoms with Gasteiger partial charge in [0, 0.05) is 6.42 Å². The molecule has 42 heavy (non-hydrogen) atoms. The van der Waals surface area contributed by atoms with Crippen molar-refractivity contribution in [2.75, 3.05) is 0 Å². The molecule has 8 heteroatoms. The molecule has 0 saturated carbocycles. The SMILES string of the molecule is O=C(O)C(Cc1ccccc1)n1c(=O)c2cc(Oc3ccc(-c4ccccc4)cc3)ccc2n(Cc2ccco2)c1=O. The zero-order valence-corrected chi connectivity index (χ0v) is 22.4. The summed E-state index contributed by atoms with van der Waals surface area (Å²) in [6.45, 7) is 0.0153. The molecule has 6 aromatic rings. The van der Waals surface area contributed by atoms with Crippen molar-refractivity contribution in [1.29, 1.82) is 0 Å². The van der Waals surface area contributed by atoms with Gasteiger partial charge in [-0.2, -0.15) is 0 Å². The number of hydrogen-bond acceptors (Lipinski definition) is 5. The summed E-state index contributed by atoms with van der Waals surface area (Å²) in [6, 6.07) is 33.3. The number of carboxylic acids is 1. The van der Waals surface area contributed by atoms with Crippen molar-refractivity contribution in [2.24, 2.45) is 0 Å². The molecule has 0 fully saturated rings. The predicted molar refractivity (Wildman–Crippen MR) is 159 cm³/mol. The van der Waals surface area contributed by atoms with Crippen LogP contribution in [-0.4, -0.2) is 20.2 Å². The average Bonchev–Trinajstić information content (AvgIpc) is 3.54. The molecule has 208 valence electrons. The minimum atomic E-state index is -1.42. The van der Waals surface area contributed by atoms with E-state index in [2.05, 4.69) is 0 Å². The Morgan fingerprint density at radius 1 is 0.786 bits per heavy atom. The van der Waals surface area contributed by atoms with E-state index in [1.165, 1.54) is 10.8 Å². The number of benzene rings is 4. The largest absolute Gasteiger partial charge is 0.480 e. The molecule has 2 aromatic heterocycles. The van der Waals surface area contributed by atoms with Crippen molar-refractivity contribution in [2.45, 2.75) is 19.0 Å². The van der Waals surface area contributed by atoms with E-state index in [9.17, 15) is 19.5 Å². The van der Waals surface area contributed by atoms with Gasteiger partial charge in [-0.3, -0.25) is 9.36 Å². The van der Waals surface area contributed by atoms with Gasteiger partial charge in [0.2, 0.25) is 0 Å². The molecule has 0 bridgehead atoms. The molecular weight excluding hydrogens is 532 g/mol. The molecule has 6 rings (SSSR count). The van der Waals surface area contributed by atoms with Gasteiger partial charge in [0.15, 0.2) is 0 Å². The molecule has 0 aliphatic carbocycles. The zero-order valence-electron chi connectivity index (χ0n) is 22.4. The fourth-order valence-electron chi connectivity index (χ4n) is 5.03. The molecule has 0 spiro atoms. The summed E-state index contributed by atoms with van der Waals surface area (Å²) in [5, 5.41) is 10.3. The summed E-state index contributed by atoms with van der Waals surface area (Å²) in [5.74, 6) is 0.132. The van der Waals surface area contributed by atoms with Crippen molar-refractivity contribution in [3.63, 3.8) is 0 Å². The van der Waals surface area contributed by atoms with E-state index in [1.54, 1.807) is 54.6 Å². The van der Waals surface area contributed by atoms with E-state index in [1.807, 2.05) is 60.7 Å². The number of rotatable bonds is 9. The van der Waals surface area contributed by atoms with Crippen LogP contribution in [0.3, 0.4) is 0 Å². The molecule has 1 N–H and O–H groups in total. The lowest BCUT2D eigenvalue weighted by Gasteiger charge is -2.19. The Hall–Kier alpha value is -5.63. The quantitative estimate of drug-likeness (QED) is 0.229. The lowest BCUT2D eigenvalue weighted by Crippen LogP contribution is -2.45. The van der Waals surface area contributed by atoms with Gasteiger partial charge < -0.3 is 14.3 Å². The Bertz CT molecular complexity index is 1960. The number of hydrogen-bond donors (Lipinski definition) is 1. The summed E-state index contributed by atoms with van der Waals surface area (Å²) >= 11 is 0. The highest BCUT2D eigenvalue weighted by Gasteiger charge is 2.27. The van der Waals surface area contributed by atoms with Crippen LogP contribution in [-0.2, 0) is 17.8 Å². The monoisotopic (exact) mass is 558 g/mol. The molecule has 4 aromatic carbocycles. The Morgan fingerprint density at radius 3 is 2.12 bits per heavy atom. The molecule has 1 unspecified atom stereocenters. The van der Waals surface area contributed by atoms with Gasteiger partial charge in [0.05, 0.1) is 23.7 Å². The van der Waals surface area contributed by atoms with Crippen molar-refractivity contribution in [3.8, 4) is 22.6 Å². The molecule has 0 radical (unpaired) electrons. The Morgan fingerprint density at radius 2 is 1.45 bits per heavy atom. The van der Waals surface area contributed by atoms with Crippen LogP contribution >= 0.6 is 0 Å². The molecule has 8 nitrogen and oxygen atoms in total. The van der Waals surface area contributed by atoms with Gasteiger partial charge in [0.25, 0.3) is 5.56 Å². The lowest BCUT2D eigenvalue weighted by molar-refractivity contribution is -0.141. The third kappa shape index (κ3) is 5.38. The van der Waals surface area contributed by atoms with Crippen LogP contribution in [0.25, 0.3) is 22.0 Å². The zero-order chi connectivity index (χ0) is 29.1. The first-order valence-electron chi connectivity index (χ1n) is 13.4. The molecule has 2 heterocycles. The number of aromatic nitrogens is 2. The van der Waals surface area contributed by atoms with E-state index in [-0.39, 0.29) is 18.4 Å². The molecule has 0 aliphatic heterocycles. The molecule has 0 saturated heterocycles. The maximum atomic E-state index is 13.9. The third-order valence-corrected chi connectivity index (χ3v) is 7.10. The van der Waals surface area contributed by atoms with Crippen molar-refractivity contribution < 1.29 is 19.1 Å². The highest BCUT2D eigenvalue weighted by molar-refractivity contribution is 5.81. The summed E-state index contributed by atoms with van der Waals surface area (Å²) < 4.78 is 13.7. The van der Waals surface area contributed by atoms with Gasteiger partial charge in [-0.25, -0.2) is 14.2 Å². The first kappa shape index (κ1) is 26.6. The molecule has 1 atom stereocenters. The van der Waals surface area contributed by atoms with Crippen LogP contribution in [0.1, 0.15) is 17.4 Å². The lowest BCUT2D eigenvalue weighted by atomic mass is 10.1. The van der Waals surface area contributed by atoms with E-state index < -0.39 is 23.3 Å². The first-order chi connectivity index (χ1) is 20.5. The normalized spacial score (nSPS) is 11.8. The number of fused-ring (bicyclic) bond motifs is 1. The fraction of sp³-hybridized carbons (Fsp3) is 0.0882. The maximum Gasteiger partial charge on any atom is 0.332 e. The minimum Gasteiger partial charge on any atom is -0.480 e. The van der Waals surface area contributed by atoms with Crippen LogP contribution in [0.4, 0.5) is 0 Å². The molecule has 0 aliphatic rings. The highest BCUT2D eigenvalue weighted by Crippen LogP contribution is 2.28. The first-order valence-corrected chi connectivity index (χ1v) is 13.4. The van der Waals surface area contributed by atoms with Crippen LogP contribution < -0.4 is 16.0 Å². The van der Waals surface area contributed by atoms with Gasteiger partial charge in [-0.15, -0.1) is 0 Å². The second kappa shape index (κ2) is 11.5. The second-order valence-corrected chi connectivity index (χ2v) is 9.84. The average molecular weight is 559 g/mol. The number of ether oxygens (including phenoxy) is 1. The van der Waals surface area contributed by atoms with Crippen LogP contribution in [0.2, 0.25) is 0 Å². The summed E-state index contributed by atoms with van der Waals surface area (Å²) in [6.07, 6.45) is 1.45. The minimum absolute atomic E-state index is 0.0153. The van der Waals surface area contributed by atoms with E-state index in [4.69, 9.17) is 9.15 Å². The Labute approximate surface area is 240 Å². The molecular formula is C34H26N2O6. The summed E-state index contributed by atoms with van der Waals surface area (Å²) in [4.78, 5) is 40.1. The van der Waals surface area contributed by atoms with Gasteiger partial charge in [-0.05, 0) is 59.2 Å². The van der Waals surface area contributed by atoms with Crippen molar-refractivity contribution in [3.05, 3.63) is 154 Å². The van der Waals surface area contributed by atoms with E-state index in [0.29, 0.717) is 28.3 Å². The maximum absolute atomic E-state index is 13.9. The number of aliphatic carboxylic acids is 1. The van der Waals surface area contributed by atoms with Gasteiger partial charge in [0.1, 0.15) is 23.3 Å². The standard InChI is InChI=1S/C34H26N2O6/c37-32-29-21-27(42-26-15-13-25(14-16-26)24-10-5-2-6-11-24)17-18-30(29)35(22-28-12-7-19-41-28)34(40)36(32)31(33(38)39)20-23-8-3-1-4-9-23/h1-19,21,31H,20,22H2,(H,38,39). The van der Waals surface area contributed by atoms with E-state index >= 15 is 0 Å².